The Bertz CT molecular complexity index is 795. The number of furan rings is 1. The van der Waals surface area contributed by atoms with Gasteiger partial charge in [-0.15, -0.1) is 0 Å². The van der Waals surface area contributed by atoms with Gasteiger partial charge in [0.05, 0.1) is 30.2 Å². The molecule has 0 saturated heterocycles. The SMILES string of the molecule is COc1ccc(Cl)cc1-c1c(N)n[nH]c1-c1ccoc1Cl. The van der Waals surface area contributed by atoms with Crippen molar-refractivity contribution in [3.05, 3.63) is 40.8 Å². The highest BCUT2D eigenvalue weighted by atomic mass is 35.5. The molecule has 0 aliphatic carbocycles. The largest absolute Gasteiger partial charge is 0.496 e. The van der Waals surface area contributed by atoms with Crippen LogP contribution in [0.1, 0.15) is 0 Å². The van der Waals surface area contributed by atoms with Crippen LogP contribution in [0, 0.1) is 0 Å². The third kappa shape index (κ3) is 2.34. The van der Waals surface area contributed by atoms with E-state index < -0.39 is 0 Å². The summed E-state index contributed by atoms with van der Waals surface area (Å²) in [5, 5.41) is 7.73. The molecule has 0 amide bonds. The number of nitrogens with one attached hydrogen (secondary N) is 1. The molecule has 0 fully saturated rings. The second kappa shape index (κ2) is 5.35. The molecule has 21 heavy (non-hydrogen) atoms. The normalized spacial score (nSPS) is 10.8. The topological polar surface area (TPSA) is 77.1 Å². The van der Waals surface area contributed by atoms with Crippen molar-refractivity contribution in [3.8, 4) is 28.1 Å². The second-order valence-electron chi connectivity index (χ2n) is 4.31. The Morgan fingerprint density at radius 3 is 2.71 bits per heavy atom. The Balaban J connectivity index is 2.27. The van der Waals surface area contributed by atoms with E-state index in [1.807, 2.05) is 0 Å². The van der Waals surface area contributed by atoms with E-state index in [0.29, 0.717) is 33.4 Å². The molecule has 0 aliphatic rings. The minimum atomic E-state index is 0.251. The van der Waals surface area contributed by atoms with Crippen molar-refractivity contribution in [1.82, 2.24) is 10.2 Å². The first kappa shape index (κ1) is 13.9. The molecule has 0 unspecified atom stereocenters. The zero-order valence-corrected chi connectivity index (χ0v) is 12.5. The quantitative estimate of drug-likeness (QED) is 0.755. The van der Waals surface area contributed by atoms with Gasteiger partial charge in [-0.1, -0.05) is 11.6 Å². The first-order valence-electron chi connectivity index (χ1n) is 6.03. The Morgan fingerprint density at radius 1 is 1.24 bits per heavy atom. The fourth-order valence-electron chi connectivity index (χ4n) is 2.17. The molecule has 3 N–H and O–H groups in total. The summed E-state index contributed by atoms with van der Waals surface area (Å²) < 4.78 is 10.5. The lowest BCUT2D eigenvalue weighted by atomic mass is 10.0. The zero-order valence-electron chi connectivity index (χ0n) is 11.0. The molecule has 1 aromatic carbocycles. The fourth-order valence-corrected chi connectivity index (χ4v) is 2.55. The smallest absolute Gasteiger partial charge is 0.202 e. The molecule has 2 heterocycles. The number of nitrogens with zero attached hydrogens (tertiary/aromatic N) is 1. The van der Waals surface area contributed by atoms with Crippen LogP contribution in [0.15, 0.2) is 34.9 Å². The standard InChI is InChI=1S/C14H11Cl2N3O2/c1-20-10-3-2-7(15)6-9(10)11-12(18-19-14(11)17)8-4-5-21-13(8)16/h2-6H,1H3,(H3,17,18,19). The molecule has 5 nitrogen and oxygen atoms in total. The fraction of sp³-hybridized carbons (Fsp3) is 0.0714. The third-order valence-electron chi connectivity index (χ3n) is 3.11. The van der Waals surface area contributed by atoms with Gasteiger partial charge >= 0.3 is 0 Å². The van der Waals surface area contributed by atoms with Gasteiger partial charge in [-0.2, -0.15) is 5.10 Å². The van der Waals surface area contributed by atoms with Crippen LogP contribution in [0.2, 0.25) is 10.2 Å². The summed E-state index contributed by atoms with van der Waals surface area (Å²) in [6.45, 7) is 0. The molecule has 3 aromatic rings. The predicted molar refractivity (Wildman–Crippen MR) is 82.7 cm³/mol. The van der Waals surface area contributed by atoms with Gasteiger partial charge in [0.2, 0.25) is 5.22 Å². The lowest BCUT2D eigenvalue weighted by molar-refractivity contribution is 0.416. The number of rotatable bonds is 3. The van der Waals surface area contributed by atoms with Gasteiger partial charge in [0, 0.05) is 10.6 Å². The number of benzene rings is 1. The van der Waals surface area contributed by atoms with Crippen molar-refractivity contribution in [1.29, 1.82) is 0 Å². The van der Waals surface area contributed by atoms with E-state index in [-0.39, 0.29) is 5.22 Å². The Hall–Kier alpha value is -2.11. The highest BCUT2D eigenvalue weighted by Crippen LogP contribution is 2.42. The minimum Gasteiger partial charge on any atom is -0.496 e. The summed E-state index contributed by atoms with van der Waals surface area (Å²) in [6.07, 6.45) is 1.49. The van der Waals surface area contributed by atoms with Gasteiger partial charge in [-0.3, -0.25) is 5.10 Å². The van der Waals surface area contributed by atoms with E-state index >= 15 is 0 Å². The van der Waals surface area contributed by atoms with Crippen molar-refractivity contribution in [2.75, 3.05) is 12.8 Å². The van der Waals surface area contributed by atoms with Crippen LogP contribution in [-0.4, -0.2) is 17.3 Å². The summed E-state index contributed by atoms with van der Waals surface area (Å²) >= 11 is 12.1. The van der Waals surface area contributed by atoms with Gasteiger partial charge in [0.1, 0.15) is 5.75 Å². The van der Waals surface area contributed by atoms with Crippen LogP contribution in [0.4, 0.5) is 5.82 Å². The van der Waals surface area contributed by atoms with Crippen molar-refractivity contribution < 1.29 is 9.15 Å². The molecule has 2 aromatic heterocycles. The maximum absolute atomic E-state index is 6.08. The van der Waals surface area contributed by atoms with Crippen LogP contribution in [0.5, 0.6) is 5.75 Å². The maximum Gasteiger partial charge on any atom is 0.202 e. The van der Waals surface area contributed by atoms with Crippen LogP contribution in [0.25, 0.3) is 22.4 Å². The number of aromatic nitrogens is 2. The number of hydrogen-bond donors (Lipinski definition) is 2. The van der Waals surface area contributed by atoms with Crippen LogP contribution < -0.4 is 10.5 Å². The number of anilines is 1. The van der Waals surface area contributed by atoms with Crippen LogP contribution in [-0.2, 0) is 0 Å². The van der Waals surface area contributed by atoms with Gasteiger partial charge in [0.15, 0.2) is 5.82 Å². The van der Waals surface area contributed by atoms with Crippen molar-refractivity contribution in [3.63, 3.8) is 0 Å². The number of methoxy groups -OCH3 is 1. The summed E-state index contributed by atoms with van der Waals surface area (Å²) in [4.78, 5) is 0. The van der Waals surface area contributed by atoms with Gasteiger partial charge < -0.3 is 14.9 Å². The number of aromatic amines is 1. The third-order valence-corrected chi connectivity index (χ3v) is 3.64. The van der Waals surface area contributed by atoms with Crippen LogP contribution in [0.3, 0.4) is 0 Å². The molecular weight excluding hydrogens is 313 g/mol. The summed E-state index contributed by atoms with van der Waals surface area (Å²) in [5.41, 5.74) is 8.69. The molecule has 108 valence electrons. The molecule has 0 saturated carbocycles. The molecule has 3 rings (SSSR count). The molecule has 0 radical (unpaired) electrons. The molecule has 7 heteroatoms. The van der Waals surface area contributed by atoms with Crippen molar-refractivity contribution in [2.45, 2.75) is 0 Å². The van der Waals surface area contributed by atoms with E-state index in [0.717, 1.165) is 5.56 Å². The average molecular weight is 324 g/mol. The highest BCUT2D eigenvalue weighted by Gasteiger charge is 2.21. The van der Waals surface area contributed by atoms with Gasteiger partial charge in [-0.05, 0) is 35.9 Å². The number of hydrogen-bond acceptors (Lipinski definition) is 4. The Kier molecular flexibility index (Phi) is 3.53. The highest BCUT2D eigenvalue weighted by molar-refractivity contribution is 6.32. The van der Waals surface area contributed by atoms with E-state index in [1.54, 1.807) is 31.4 Å². The van der Waals surface area contributed by atoms with Crippen molar-refractivity contribution in [2.24, 2.45) is 0 Å². The first-order valence-corrected chi connectivity index (χ1v) is 6.78. The number of halogens is 2. The van der Waals surface area contributed by atoms with Crippen molar-refractivity contribution >= 4 is 29.0 Å². The number of H-pyrrole nitrogens is 1. The molecule has 0 aliphatic heterocycles. The lowest BCUT2D eigenvalue weighted by Gasteiger charge is -2.10. The monoisotopic (exact) mass is 323 g/mol. The van der Waals surface area contributed by atoms with Gasteiger partial charge in [-0.25, -0.2) is 0 Å². The summed E-state index contributed by atoms with van der Waals surface area (Å²) in [6, 6.07) is 7.00. The number of nitrogen functional groups attached to an aromatic ring is 1. The Labute approximate surface area is 130 Å². The predicted octanol–water partition coefficient (Wildman–Crippen LogP) is 4.23. The molecular formula is C14H11Cl2N3O2. The van der Waals surface area contributed by atoms with E-state index in [1.165, 1.54) is 6.26 Å². The summed E-state index contributed by atoms with van der Waals surface area (Å²) in [5.74, 6) is 0.955. The van der Waals surface area contributed by atoms with E-state index in [4.69, 9.17) is 38.1 Å². The number of nitrogens with two attached hydrogens (primary N) is 1. The Morgan fingerprint density at radius 2 is 2.05 bits per heavy atom. The average Bonchev–Trinajstić information content (AvgIpc) is 3.04. The minimum absolute atomic E-state index is 0.251. The van der Waals surface area contributed by atoms with Crippen LogP contribution >= 0.6 is 23.2 Å². The molecule has 0 atom stereocenters. The molecule has 0 bridgehead atoms. The first-order chi connectivity index (χ1) is 10.1. The van der Waals surface area contributed by atoms with E-state index in [9.17, 15) is 0 Å². The second-order valence-corrected chi connectivity index (χ2v) is 5.09. The maximum atomic E-state index is 6.08. The van der Waals surface area contributed by atoms with Gasteiger partial charge in [0.25, 0.3) is 0 Å². The number of ether oxygens (including phenoxy) is 1. The van der Waals surface area contributed by atoms with E-state index in [2.05, 4.69) is 10.2 Å². The lowest BCUT2D eigenvalue weighted by Crippen LogP contribution is -1.92. The summed E-state index contributed by atoms with van der Waals surface area (Å²) in [7, 11) is 1.58. The zero-order chi connectivity index (χ0) is 15.0. The molecule has 0 spiro atoms.